The quantitative estimate of drug-likeness (QED) is 0.683. The van der Waals surface area contributed by atoms with Crippen LogP contribution in [0.5, 0.6) is 0 Å². The molecule has 0 aromatic carbocycles. The van der Waals surface area contributed by atoms with E-state index in [9.17, 15) is 5.11 Å². The molecule has 1 heterocycles. The van der Waals surface area contributed by atoms with Gasteiger partial charge in [-0.05, 0) is 26.7 Å². The molecular weight excluding hydrogens is 252 g/mol. The summed E-state index contributed by atoms with van der Waals surface area (Å²) >= 11 is 0. The normalized spacial score (nSPS) is 13.9. The summed E-state index contributed by atoms with van der Waals surface area (Å²) < 4.78 is 0. The predicted octanol–water partition coefficient (Wildman–Crippen LogP) is 2.74. The average Bonchev–Trinajstić information content (AvgIpc) is 2.47. The van der Waals surface area contributed by atoms with Gasteiger partial charge in [-0.15, -0.1) is 0 Å². The zero-order chi connectivity index (χ0) is 15.2. The third kappa shape index (κ3) is 4.07. The van der Waals surface area contributed by atoms with Crippen LogP contribution in [-0.4, -0.2) is 33.8 Å². The van der Waals surface area contributed by atoms with Gasteiger partial charge < -0.3 is 15.7 Å². The van der Waals surface area contributed by atoms with Gasteiger partial charge in [-0.3, -0.25) is 0 Å². The lowest BCUT2D eigenvalue weighted by Gasteiger charge is -2.29. The average molecular weight is 280 g/mol. The van der Waals surface area contributed by atoms with Crippen LogP contribution in [0.25, 0.3) is 0 Å². The molecule has 1 aromatic heterocycles. The third-order valence-corrected chi connectivity index (χ3v) is 3.60. The van der Waals surface area contributed by atoms with Gasteiger partial charge >= 0.3 is 0 Å². The molecule has 0 radical (unpaired) electrons. The van der Waals surface area contributed by atoms with Crippen LogP contribution in [0.15, 0.2) is 0 Å². The number of nitrogens with one attached hydrogen (secondary N) is 2. The lowest BCUT2D eigenvalue weighted by Crippen LogP contribution is -2.38. The fraction of sp³-hybridized carbons (Fsp3) is 0.733. The summed E-state index contributed by atoms with van der Waals surface area (Å²) in [7, 11) is 0. The molecule has 114 valence electrons. The van der Waals surface area contributed by atoms with Crippen molar-refractivity contribution < 1.29 is 5.11 Å². The number of hydrogen-bond donors (Lipinski definition) is 3. The van der Waals surface area contributed by atoms with Gasteiger partial charge in [0.2, 0.25) is 0 Å². The smallest absolute Gasteiger partial charge is 0.135 e. The molecule has 0 spiro atoms. The summed E-state index contributed by atoms with van der Waals surface area (Å²) in [5, 5.41) is 16.3. The molecule has 5 nitrogen and oxygen atoms in total. The molecule has 0 fully saturated rings. The van der Waals surface area contributed by atoms with E-state index in [1.807, 2.05) is 20.8 Å². The van der Waals surface area contributed by atoms with Crippen LogP contribution in [0.3, 0.4) is 0 Å². The van der Waals surface area contributed by atoms with Crippen molar-refractivity contribution in [2.45, 2.75) is 59.4 Å². The van der Waals surface area contributed by atoms with E-state index in [4.69, 9.17) is 0 Å². The second kappa shape index (κ2) is 7.43. The first kappa shape index (κ1) is 16.7. The van der Waals surface area contributed by atoms with Crippen molar-refractivity contribution in [3.8, 4) is 0 Å². The number of aliphatic hydroxyl groups is 1. The molecular formula is C15H28N4O. The maximum atomic E-state index is 9.55. The lowest BCUT2D eigenvalue weighted by molar-refractivity contribution is 0.218. The highest BCUT2D eigenvalue weighted by Gasteiger charge is 2.23. The topological polar surface area (TPSA) is 70.1 Å². The minimum Gasteiger partial charge on any atom is -0.394 e. The molecule has 5 heteroatoms. The van der Waals surface area contributed by atoms with Crippen LogP contribution in [0, 0.1) is 6.92 Å². The van der Waals surface area contributed by atoms with Crippen LogP contribution in [0.1, 0.15) is 51.9 Å². The summed E-state index contributed by atoms with van der Waals surface area (Å²) in [6.45, 7) is 11.2. The summed E-state index contributed by atoms with van der Waals surface area (Å²) in [6.07, 6.45) is 2.67. The van der Waals surface area contributed by atoms with E-state index in [1.165, 1.54) is 0 Å². The summed E-state index contributed by atoms with van der Waals surface area (Å²) in [4.78, 5) is 9.11. The zero-order valence-electron chi connectivity index (χ0n) is 13.4. The second-order valence-corrected chi connectivity index (χ2v) is 5.44. The molecule has 0 saturated carbocycles. The van der Waals surface area contributed by atoms with Crippen molar-refractivity contribution in [2.24, 2.45) is 0 Å². The summed E-state index contributed by atoms with van der Waals surface area (Å²) in [6, 6.07) is 0. The molecule has 1 rings (SSSR count). The molecule has 3 N–H and O–H groups in total. The van der Waals surface area contributed by atoms with Gasteiger partial charge in [0.25, 0.3) is 0 Å². The van der Waals surface area contributed by atoms with Crippen molar-refractivity contribution >= 4 is 11.6 Å². The first-order chi connectivity index (χ1) is 9.49. The molecule has 0 saturated heterocycles. The van der Waals surface area contributed by atoms with Gasteiger partial charge in [-0.2, -0.15) is 0 Å². The molecule has 1 aromatic rings. The van der Waals surface area contributed by atoms with Gasteiger partial charge in [0.05, 0.1) is 12.1 Å². The number of nitrogens with zero attached hydrogens (tertiary/aromatic N) is 2. The Morgan fingerprint density at radius 1 is 1.15 bits per heavy atom. The van der Waals surface area contributed by atoms with Crippen molar-refractivity contribution in [3.63, 3.8) is 0 Å². The minimum atomic E-state index is -0.355. The molecule has 1 atom stereocenters. The van der Waals surface area contributed by atoms with E-state index in [0.29, 0.717) is 0 Å². The van der Waals surface area contributed by atoms with E-state index in [0.717, 1.165) is 48.8 Å². The van der Waals surface area contributed by atoms with Gasteiger partial charge in [0, 0.05) is 18.5 Å². The fourth-order valence-corrected chi connectivity index (χ4v) is 1.78. The highest BCUT2D eigenvalue weighted by Crippen LogP contribution is 2.24. The number of aromatic nitrogens is 2. The van der Waals surface area contributed by atoms with Gasteiger partial charge in [0.1, 0.15) is 17.5 Å². The predicted molar refractivity (Wildman–Crippen MR) is 84.3 cm³/mol. The van der Waals surface area contributed by atoms with Crippen LogP contribution in [0.4, 0.5) is 11.6 Å². The van der Waals surface area contributed by atoms with Crippen LogP contribution < -0.4 is 10.6 Å². The van der Waals surface area contributed by atoms with E-state index >= 15 is 0 Å². The van der Waals surface area contributed by atoms with E-state index in [-0.39, 0.29) is 12.1 Å². The molecule has 0 aliphatic heterocycles. The van der Waals surface area contributed by atoms with E-state index in [2.05, 4.69) is 34.4 Å². The summed E-state index contributed by atoms with van der Waals surface area (Å²) in [5.74, 6) is 2.51. The van der Waals surface area contributed by atoms with Gasteiger partial charge in [-0.25, -0.2) is 9.97 Å². The van der Waals surface area contributed by atoms with Crippen molar-refractivity contribution in [1.82, 2.24) is 9.97 Å². The maximum Gasteiger partial charge on any atom is 0.135 e. The third-order valence-electron chi connectivity index (χ3n) is 3.60. The fourth-order valence-electron chi connectivity index (χ4n) is 1.78. The van der Waals surface area contributed by atoms with Gasteiger partial charge in [-0.1, -0.05) is 20.8 Å². The first-order valence-electron chi connectivity index (χ1n) is 7.50. The lowest BCUT2D eigenvalue weighted by atomic mass is 10.00. The Morgan fingerprint density at radius 3 is 2.30 bits per heavy atom. The highest BCUT2D eigenvalue weighted by molar-refractivity contribution is 5.58. The Labute approximate surface area is 122 Å². The maximum absolute atomic E-state index is 9.55. The van der Waals surface area contributed by atoms with Crippen molar-refractivity contribution in [2.75, 3.05) is 23.8 Å². The largest absolute Gasteiger partial charge is 0.394 e. The Bertz CT molecular complexity index is 430. The van der Waals surface area contributed by atoms with E-state index in [1.54, 1.807) is 0 Å². The zero-order valence-corrected chi connectivity index (χ0v) is 13.4. The molecule has 1 unspecified atom stereocenters. The molecule has 0 aliphatic carbocycles. The Balaban J connectivity index is 3.11. The second-order valence-electron chi connectivity index (χ2n) is 5.44. The Hall–Kier alpha value is -1.36. The van der Waals surface area contributed by atoms with Crippen LogP contribution in [-0.2, 0) is 6.42 Å². The molecule has 20 heavy (non-hydrogen) atoms. The first-order valence-corrected chi connectivity index (χ1v) is 7.50. The monoisotopic (exact) mass is 280 g/mol. The number of aryl methyl sites for hydroxylation is 1. The molecule has 0 aliphatic rings. The number of hydrogen-bond acceptors (Lipinski definition) is 5. The number of rotatable bonds is 8. The van der Waals surface area contributed by atoms with Crippen molar-refractivity contribution in [1.29, 1.82) is 0 Å². The highest BCUT2D eigenvalue weighted by atomic mass is 16.3. The number of anilines is 2. The minimum absolute atomic E-state index is 0.0755. The molecule has 0 amide bonds. The standard InChI is InChI=1S/C15H28N4O/c1-6-9-16-13-11(4)14(18-12(7-2)17-13)19-15(5,8-3)10-20/h20H,6-10H2,1-5H3,(H2,16,17,18,19). The van der Waals surface area contributed by atoms with E-state index < -0.39 is 0 Å². The SMILES string of the molecule is CCCNc1nc(CC)nc(NC(C)(CC)CO)c1C. The summed E-state index contributed by atoms with van der Waals surface area (Å²) in [5.41, 5.74) is 0.648. The van der Waals surface area contributed by atoms with Gasteiger partial charge in [0.15, 0.2) is 0 Å². The molecule has 0 bridgehead atoms. The van der Waals surface area contributed by atoms with Crippen molar-refractivity contribution in [3.05, 3.63) is 11.4 Å². The van der Waals surface area contributed by atoms with Crippen LogP contribution >= 0.6 is 0 Å². The Kier molecular flexibility index (Phi) is 6.20. The Morgan fingerprint density at radius 2 is 1.80 bits per heavy atom. The van der Waals surface area contributed by atoms with Crippen LogP contribution in [0.2, 0.25) is 0 Å². The number of aliphatic hydroxyl groups excluding tert-OH is 1.